The predicted octanol–water partition coefficient (Wildman–Crippen LogP) is 4.82. The highest BCUT2D eigenvalue weighted by atomic mass is 32.2. The Balaban J connectivity index is 1.28. The van der Waals surface area contributed by atoms with Gasteiger partial charge in [0.2, 0.25) is 11.8 Å². The van der Waals surface area contributed by atoms with Gasteiger partial charge in [0.25, 0.3) is 0 Å². The number of aryl methyl sites for hydroxylation is 1. The highest BCUT2D eigenvalue weighted by Crippen LogP contribution is 2.30. The molecule has 10 heteroatoms. The number of anilines is 1. The molecule has 2 heterocycles. The second-order valence-corrected chi connectivity index (χ2v) is 8.27. The van der Waals surface area contributed by atoms with Crippen LogP contribution in [0.25, 0.3) is 10.2 Å². The zero-order valence-electron chi connectivity index (χ0n) is 14.9. The molecular weight excluding hydrogens is 418 g/mol. The molecule has 0 saturated heterocycles. The maximum Gasteiger partial charge on any atom is 0.227 e. The Labute approximate surface area is 172 Å². The van der Waals surface area contributed by atoms with Gasteiger partial charge >= 0.3 is 0 Å². The molecule has 1 amide bonds. The van der Waals surface area contributed by atoms with E-state index in [9.17, 15) is 13.6 Å². The lowest BCUT2D eigenvalue weighted by Gasteiger charge is -2.05. The van der Waals surface area contributed by atoms with Crippen molar-refractivity contribution in [3.05, 3.63) is 65.8 Å². The van der Waals surface area contributed by atoms with Gasteiger partial charge in [-0.25, -0.2) is 13.8 Å². The molecule has 0 bridgehead atoms. The molecule has 0 radical (unpaired) electrons. The van der Waals surface area contributed by atoms with Crippen LogP contribution in [-0.4, -0.2) is 21.0 Å². The Morgan fingerprint density at radius 1 is 1.17 bits per heavy atom. The zero-order chi connectivity index (χ0) is 20.2. The molecule has 6 nitrogen and oxygen atoms in total. The second-order valence-electron chi connectivity index (χ2n) is 6.01. The first-order valence-corrected chi connectivity index (χ1v) is 10.4. The van der Waals surface area contributed by atoms with Crippen LogP contribution in [0.3, 0.4) is 0 Å². The summed E-state index contributed by atoms with van der Waals surface area (Å²) in [5.74, 6) is -0.642. The van der Waals surface area contributed by atoms with E-state index in [1.165, 1.54) is 17.8 Å². The molecule has 0 saturated carbocycles. The normalized spacial score (nSPS) is 11.1. The fourth-order valence-corrected chi connectivity index (χ4v) is 4.42. The molecule has 1 N–H and O–H groups in total. The molecule has 0 aliphatic carbocycles. The van der Waals surface area contributed by atoms with E-state index >= 15 is 0 Å². The Bertz CT molecular complexity index is 1130. The summed E-state index contributed by atoms with van der Waals surface area (Å²) in [5.41, 5.74) is 0.882. The van der Waals surface area contributed by atoms with E-state index in [-0.39, 0.29) is 18.5 Å². The van der Waals surface area contributed by atoms with Gasteiger partial charge in [-0.2, -0.15) is 4.98 Å². The number of benzene rings is 2. The molecule has 0 unspecified atom stereocenters. The Morgan fingerprint density at radius 3 is 2.86 bits per heavy atom. The van der Waals surface area contributed by atoms with E-state index in [1.807, 2.05) is 24.3 Å². The van der Waals surface area contributed by atoms with Gasteiger partial charge in [0.15, 0.2) is 10.2 Å². The van der Waals surface area contributed by atoms with Crippen molar-refractivity contribution < 1.29 is 18.1 Å². The number of halogens is 2. The lowest BCUT2D eigenvalue weighted by atomic mass is 10.2. The van der Waals surface area contributed by atoms with Gasteiger partial charge < -0.3 is 9.84 Å². The number of nitrogens with zero attached hydrogens (tertiary/aromatic N) is 3. The molecule has 0 fully saturated rings. The third-order valence-electron chi connectivity index (χ3n) is 3.88. The van der Waals surface area contributed by atoms with Crippen LogP contribution in [0.2, 0.25) is 0 Å². The first-order chi connectivity index (χ1) is 14.1. The number of nitrogens with one attached hydrogen (secondary N) is 1. The van der Waals surface area contributed by atoms with E-state index in [0.29, 0.717) is 23.5 Å². The summed E-state index contributed by atoms with van der Waals surface area (Å²) in [5, 5.41) is 6.30. The number of thiazole rings is 1. The molecule has 29 heavy (non-hydrogen) atoms. The summed E-state index contributed by atoms with van der Waals surface area (Å²) in [6, 6.07) is 10.9. The zero-order valence-corrected chi connectivity index (χ0v) is 16.5. The summed E-state index contributed by atoms with van der Waals surface area (Å²) in [6.07, 6.45) is 0.247. The summed E-state index contributed by atoms with van der Waals surface area (Å²) >= 11 is 3.11. The smallest absolute Gasteiger partial charge is 0.227 e. The number of amides is 1. The van der Waals surface area contributed by atoms with Crippen molar-refractivity contribution in [1.82, 2.24) is 15.1 Å². The average molecular weight is 432 g/mol. The van der Waals surface area contributed by atoms with Crippen molar-refractivity contribution in [2.24, 2.45) is 0 Å². The Kier molecular flexibility index (Phi) is 5.81. The minimum absolute atomic E-state index is 0.0312. The van der Waals surface area contributed by atoms with Crippen molar-refractivity contribution in [2.75, 3.05) is 5.32 Å². The van der Waals surface area contributed by atoms with E-state index in [0.717, 1.165) is 20.6 Å². The quantitative estimate of drug-likeness (QED) is 0.422. The van der Waals surface area contributed by atoms with Crippen LogP contribution in [0.4, 0.5) is 14.5 Å². The Hall–Kier alpha value is -2.85. The second kappa shape index (κ2) is 8.66. The third-order valence-corrected chi connectivity index (χ3v) is 6.06. The standard InChI is InChI=1S/C19H14F2N4O2S2/c20-11-5-6-13(12(21)9-11)22-17(26)7-8-18-24-16(25-27-18)10-28-19-23-14-3-1-2-4-15(14)29-19/h1-6,9H,7-8,10H2,(H,22,26). The molecule has 0 spiro atoms. The van der Waals surface area contributed by atoms with Gasteiger partial charge in [0, 0.05) is 18.9 Å². The molecular formula is C19H14F2N4O2S2. The lowest BCUT2D eigenvalue weighted by Crippen LogP contribution is -2.13. The van der Waals surface area contributed by atoms with Crippen LogP contribution in [-0.2, 0) is 17.0 Å². The van der Waals surface area contributed by atoms with Crippen molar-refractivity contribution in [1.29, 1.82) is 0 Å². The monoisotopic (exact) mass is 432 g/mol. The third kappa shape index (κ3) is 4.96. The van der Waals surface area contributed by atoms with Crippen LogP contribution in [0.15, 0.2) is 51.3 Å². The number of fused-ring (bicyclic) bond motifs is 1. The maximum absolute atomic E-state index is 13.6. The van der Waals surface area contributed by atoms with E-state index < -0.39 is 17.5 Å². The molecule has 2 aromatic carbocycles. The highest BCUT2D eigenvalue weighted by Gasteiger charge is 2.13. The largest absolute Gasteiger partial charge is 0.339 e. The number of para-hydroxylation sites is 1. The molecule has 148 valence electrons. The first-order valence-electron chi connectivity index (χ1n) is 8.61. The van der Waals surface area contributed by atoms with Crippen molar-refractivity contribution in [3.8, 4) is 0 Å². The van der Waals surface area contributed by atoms with Crippen LogP contribution in [0.1, 0.15) is 18.1 Å². The molecule has 0 aliphatic heterocycles. The molecule has 4 aromatic rings. The minimum atomic E-state index is -0.828. The fraction of sp³-hybridized carbons (Fsp3) is 0.158. The Morgan fingerprint density at radius 2 is 2.03 bits per heavy atom. The predicted molar refractivity (Wildman–Crippen MR) is 107 cm³/mol. The van der Waals surface area contributed by atoms with Gasteiger partial charge in [-0.3, -0.25) is 4.79 Å². The lowest BCUT2D eigenvalue weighted by molar-refractivity contribution is -0.116. The van der Waals surface area contributed by atoms with E-state index in [4.69, 9.17) is 4.52 Å². The number of aromatic nitrogens is 3. The van der Waals surface area contributed by atoms with Crippen LogP contribution >= 0.6 is 23.1 Å². The van der Waals surface area contributed by atoms with Gasteiger partial charge in [0.1, 0.15) is 11.6 Å². The summed E-state index contributed by atoms with van der Waals surface area (Å²) in [7, 11) is 0. The van der Waals surface area contributed by atoms with Crippen molar-refractivity contribution in [2.45, 2.75) is 22.9 Å². The number of hydrogen-bond acceptors (Lipinski definition) is 7. The number of hydrogen-bond donors (Lipinski definition) is 1. The number of carbonyl (C=O) groups excluding carboxylic acids is 1. The maximum atomic E-state index is 13.6. The van der Waals surface area contributed by atoms with Gasteiger partial charge in [-0.05, 0) is 24.3 Å². The SMILES string of the molecule is O=C(CCc1nc(CSc2nc3ccccc3s2)no1)Nc1ccc(F)cc1F. The summed E-state index contributed by atoms with van der Waals surface area (Å²) in [4.78, 5) is 20.8. The average Bonchev–Trinajstić information content (AvgIpc) is 3.33. The van der Waals surface area contributed by atoms with Crippen LogP contribution in [0, 0.1) is 11.6 Å². The first kappa shape index (κ1) is 19.5. The number of thioether (sulfide) groups is 1. The van der Waals surface area contributed by atoms with Crippen molar-refractivity contribution >= 4 is 44.9 Å². The van der Waals surface area contributed by atoms with Gasteiger partial charge in [0.05, 0.1) is 21.7 Å². The van der Waals surface area contributed by atoms with Crippen molar-refractivity contribution in [3.63, 3.8) is 0 Å². The van der Waals surface area contributed by atoms with Crippen LogP contribution < -0.4 is 5.32 Å². The topological polar surface area (TPSA) is 80.9 Å². The van der Waals surface area contributed by atoms with Crippen LogP contribution in [0.5, 0.6) is 0 Å². The van der Waals surface area contributed by atoms with Gasteiger partial charge in [-0.1, -0.05) is 29.1 Å². The summed E-state index contributed by atoms with van der Waals surface area (Å²) in [6.45, 7) is 0. The molecule has 2 aromatic heterocycles. The number of rotatable bonds is 7. The molecule has 0 aliphatic rings. The minimum Gasteiger partial charge on any atom is -0.339 e. The summed E-state index contributed by atoms with van der Waals surface area (Å²) < 4.78 is 33.7. The van der Waals surface area contributed by atoms with E-state index in [2.05, 4.69) is 20.4 Å². The molecule has 0 atom stereocenters. The number of carbonyl (C=O) groups is 1. The van der Waals surface area contributed by atoms with E-state index in [1.54, 1.807) is 11.3 Å². The van der Waals surface area contributed by atoms with Gasteiger partial charge in [-0.15, -0.1) is 11.3 Å². The molecule has 4 rings (SSSR count). The fourth-order valence-electron chi connectivity index (χ4n) is 2.51. The highest BCUT2D eigenvalue weighted by molar-refractivity contribution is 8.00.